The highest BCUT2D eigenvalue weighted by Gasteiger charge is 2.44. The van der Waals surface area contributed by atoms with Crippen molar-refractivity contribution < 1.29 is 20.1 Å². The van der Waals surface area contributed by atoms with Gasteiger partial charge in [-0.1, -0.05) is 17.7 Å². The van der Waals surface area contributed by atoms with Gasteiger partial charge in [0, 0.05) is 6.04 Å². The lowest BCUT2D eigenvalue weighted by molar-refractivity contribution is -0.0499. The van der Waals surface area contributed by atoms with E-state index in [9.17, 15) is 15.3 Å². The predicted molar refractivity (Wildman–Crippen MR) is 86.5 cm³/mol. The number of hydrogen-bond donors (Lipinski definition) is 4. The van der Waals surface area contributed by atoms with E-state index in [2.05, 4.69) is 10.3 Å². The molecule has 4 atom stereocenters. The number of nitrogens with zero attached hydrogens (tertiary/aromatic N) is 2. The molecule has 0 bridgehead atoms. The van der Waals surface area contributed by atoms with Crippen molar-refractivity contribution in [2.75, 3.05) is 11.9 Å². The number of halogens is 1. The minimum atomic E-state index is -1.18. The van der Waals surface area contributed by atoms with Crippen LogP contribution in [-0.2, 0) is 4.74 Å². The number of hydrogen-bond acceptors (Lipinski definition) is 6. The normalized spacial score (nSPS) is 28.0. The van der Waals surface area contributed by atoms with Gasteiger partial charge >= 0.3 is 0 Å². The summed E-state index contributed by atoms with van der Waals surface area (Å²) < 4.78 is 7.31. The lowest BCUT2D eigenvalue weighted by atomic mass is 10.1. The third kappa shape index (κ3) is 2.79. The number of fused-ring (bicyclic) bond motifs is 1. The number of anilines is 1. The molecule has 3 rings (SSSR count). The van der Waals surface area contributed by atoms with E-state index in [4.69, 9.17) is 16.3 Å². The summed E-state index contributed by atoms with van der Waals surface area (Å²) in [5.41, 5.74) is 1.26. The molecule has 1 aromatic carbocycles. The Kier molecular flexibility index (Phi) is 4.48. The fourth-order valence-electron chi connectivity index (χ4n) is 2.79. The number of rotatable bonds is 4. The van der Waals surface area contributed by atoms with Crippen LogP contribution in [0, 0.1) is 0 Å². The van der Waals surface area contributed by atoms with E-state index >= 15 is 0 Å². The smallest absolute Gasteiger partial charge is 0.206 e. The predicted octanol–water partition coefficient (Wildman–Crippen LogP) is 1.12. The molecule has 1 aromatic heterocycles. The highest BCUT2D eigenvalue weighted by molar-refractivity contribution is 6.35. The first-order chi connectivity index (χ1) is 10.9. The number of benzene rings is 1. The summed E-state index contributed by atoms with van der Waals surface area (Å²) in [6.07, 6.45) is -4.07. The molecule has 4 N–H and O–H groups in total. The molecular weight excluding hydrogens is 322 g/mol. The molecule has 126 valence electrons. The summed E-state index contributed by atoms with van der Waals surface area (Å²) in [5.74, 6) is 0.484. The molecular formula is C15H20ClN3O4. The van der Waals surface area contributed by atoms with Gasteiger partial charge in [-0.05, 0) is 26.0 Å². The maximum absolute atomic E-state index is 10.3. The molecule has 23 heavy (non-hydrogen) atoms. The fraction of sp³-hybridized carbons (Fsp3) is 0.533. The third-order valence-electron chi connectivity index (χ3n) is 3.86. The zero-order chi connectivity index (χ0) is 16.7. The van der Waals surface area contributed by atoms with Crippen molar-refractivity contribution >= 4 is 28.6 Å². The molecule has 2 aromatic rings. The Morgan fingerprint density at radius 1 is 1.35 bits per heavy atom. The molecule has 1 fully saturated rings. The van der Waals surface area contributed by atoms with Crippen molar-refractivity contribution in [1.29, 1.82) is 0 Å². The van der Waals surface area contributed by atoms with Crippen LogP contribution < -0.4 is 5.32 Å². The molecule has 0 amide bonds. The first-order valence-electron chi connectivity index (χ1n) is 7.49. The molecule has 2 heterocycles. The number of imidazole rings is 1. The molecule has 1 aliphatic heterocycles. The minimum absolute atomic E-state index is 0.0986. The van der Waals surface area contributed by atoms with E-state index in [1.165, 1.54) is 0 Å². The Morgan fingerprint density at radius 2 is 2.09 bits per heavy atom. The first-order valence-corrected chi connectivity index (χ1v) is 7.87. The van der Waals surface area contributed by atoms with Crippen LogP contribution in [0.5, 0.6) is 0 Å². The van der Waals surface area contributed by atoms with Gasteiger partial charge in [0.15, 0.2) is 6.23 Å². The van der Waals surface area contributed by atoms with Crippen molar-refractivity contribution in [1.82, 2.24) is 9.55 Å². The van der Waals surface area contributed by atoms with Crippen LogP contribution in [0.4, 0.5) is 5.95 Å². The van der Waals surface area contributed by atoms with Crippen molar-refractivity contribution in [3.63, 3.8) is 0 Å². The molecule has 7 nitrogen and oxygen atoms in total. The Balaban J connectivity index is 2.13. The van der Waals surface area contributed by atoms with Gasteiger partial charge in [-0.2, -0.15) is 0 Å². The van der Waals surface area contributed by atoms with E-state index < -0.39 is 24.5 Å². The number of aliphatic hydroxyl groups excluding tert-OH is 3. The summed E-state index contributed by atoms with van der Waals surface area (Å²) in [6.45, 7) is 3.54. The minimum Gasteiger partial charge on any atom is -0.394 e. The van der Waals surface area contributed by atoms with Crippen molar-refractivity contribution in [2.24, 2.45) is 0 Å². The third-order valence-corrected chi connectivity index (χ3v) is 4.17. The Morgan fingerprint density at radius 3 is 2.70 bits per heavy atom. The Labute approximate surface area is 138 Å². The molecule has 1 aliphatic rings. The van der Waals surface area contributed by atoms with Gasteiger partial charge in [-0.15, -0.1) is 0 Å². The van der Waals surface area contributed by atoms with Gasteiger partial charge in [0.2, 0.25) is 5.95 Å². The van der Waals surface area contributed by atoms with Crippen LogP contribution in [0.3, 0.4) is 0 Å². The average molecular weight is 342 g/mol. The van der Waals surface area contributed by atoms with Gasteiger partial charge in [0.25, 0.3) is 0 Å². The fourth-order valence-corrected chi connectivity index (χ4v) is 3.01. The topological polar surface area (TPSA) is 99.8 Å². The lowest BCUT2D eigenvalue weighted by Gasteiger charge is -2.21. The second kappa shape index (κ2) is 6.26. The molecule has 0 spiro atoms. The van der Waals surface area contributed by atoms with E-state index in [-0.39, 0.29) is 12.6 Å². The zero-order valence-corrected chi connectivity index (χ0v) is 13.6. The van der Waals surface area contributed by atoms with Crippen LogP contribution in [0.25, 0.3) is 11.0 Å². The number of ether oxygens (including phenoxy) is 1. The van der Waals surface area contributed by atoms with Gasteiger partial charge in [-0.3, -0.25) is 4.57 Å². The van der Waals surface area contributed by atoms with Crippen LogP contribution in [0.15, 0.2) is 18.2 Å². The van der Waals surface area contributed by atoms with Gasteiger partial charge < -0.3 is 25.4 Å². The molecule has 0 radical (unpaired) electrons. The number of para-hydroxylation sites is 1. The van der Waals surface area contributed by atoms with Gasteiger partial charge in [-0.25, -0.2) is 4.98 Å². The van der Waals surface area contributed by atoms with E-state index in [0.29, 0.717) is 22.0 Å². The SMILES string of the molecule is CC(C)Nc1nc2c(Cl)cccc2n1[C@H]1O[C@@H](CO)[C@H](O)[C@@H]1O. The van der Waals surface area contributed by atoms with Crippen LogP contribution in [0.2, 0.25) is 5.02 Å². The monoisotopic (exact) mass is 341 g/mol. The standard InChI is InChI=1S/C15H20ClN3O4/c1-7(2)17-15-18-11-8(16)4-3-5-9(11)19(15)14-13(22)12(21)10(6-20)23-14/h3-5,7,10,12-14,20-22H,6H2,1-2H3,(H,17,18)/t10-,12-,13-,14-/m0/s1. The molecule has 0 aliphatic carbocycles. The highest BCUT2D eigenvalue weighted by atomic mass is 35.5. The maximum Gasteiger partial charge on any atom is 0.206 e. The quantitative estimate of drug-likeness (QED) is 0.665. The second-order valence-corrected chi connectivity index (χ2v) is 6.35. The van der Waals surface area contributed by atoms with Gasteiger partial charge in [0.1, 0.15) is 23.8 Å². The molecule has 0 unspecified atom stereocenters. The summed E-state index contributed by atoms with van der Waals surface area (Å²) >= 11 is 6.21. The van der Waals surface area contributed by atoms with E-state index in [1.54, 1.807) is 16.7 Å². The largest absolute Gasteiger partial charge is 0.394 e. The lowest BCUT2D eigenvalue weighted by Crippen LogP contribution is -2.33. The summed E-state index contributed by atoms with van der Waals surface area (Å²) in [4.78, 5) is 4.49. The summed E-state index contributed by atoms with van der Waals surface area (Å²) in [6, 6.07) is 5.43. The zero-order valence-electron chi connectivity index (χ0n) is 12.8. The van der Waals surface area contributed by atoms with Crippen LogP contribution in [-0.4, -0.2) is 55.8 Å². The van der Waals surface area contributed by atoms with Crippen molar-refractivity contribution in [3.05, 3.63) is 23.2 Å². The molecule has 0 saturated carbocycles. The number of aromatic nitrogens is 2. The van der Waals surface area contributed by atoms with Crippen LogP contribution in [0.1, 0.15) is 20.1 Å². The molecule has 8 heteroatoms. The van der Waals surface area contributed by atoms with Crippen molar-refractivity contribution in [2.45, 2.75) is 44.4 Å². The molecule has 1 saturated heterocycles. The van der Waals surface area contributed by atoms with Gasteiger partial charge in [0.05, 0.1) is 17.1 Å². The average Bonchev–Trinajstić information content (AvgIpc) is 2.98. The van der Waals surface area contributed by atoms with Crippen molar-refractivity contribution in [3.8, 4) is 0 Å². The maximum atomic E-state index is 10.3. The summed E-state index contributed by atoms with van der Waals surface area (Å²) in [5, 5.41) is 33.3. The Bertz CT molecular complexity index is 705. The summed E-state index contributed by atoms with van der Waals surface area (Å²) in [7, 11) is 0. The number of aliphatic hydroxyl groups is 3. The van der Waals surface area contributed by atoms with E-state index in [1.807, 2.05) is 19.9 Å². The highest BCUT2D eigenvalue weighted by Crippen LogP contribution is 2.36. The number of nitrogens with one attached hydrogen (secondary N) is 1. The Hall–Kier alpha value is -1.38. The van der Waals surface area contributed by atoms with E-state index in [0.717, 1.165) is 0 Å². The first kappa shape index (κ1) is 16.5. The van der Waals surface area contributed by atoms with Crippen LogP contribution >= 0.6 is 11.6 Å². The second-order valence-electron chi connectivity index (χ2n) is 5.94.